The molecule has 7 heteroatoms. The standard InChI is InChI=1S/C24H16BrN3O3/c25-17-9-6-15(7-10-17)19-13-18(14-4-2-1-3-5-14)22(26-19)28-21-11-8-16(23(29)30)12-20(21)27-24(28)31/h1-13,26H,(H,27,31)(H,29,30). The second kappa shape index (κ2) is 7.45. The molecule has 0 aliphatic carbocycles. The molecule has 6 nitrogen and oxygen atoms in total. The number of fused-ring (bicyclic) bond motifs is 1. The van der Waals surface area contributed by atoms with Gasteiger partial charge in [-0.2, -0.15) is 0 Å². The molecule has 0 amide bonds. The summed E-state index contributed by atoms with van der Waals surface area (Å²) in [5.41, 5.74) is 4.49. The van der Waals surface area contributed by atoms with Crippen LogP contribution in [0.15, 0.2) is 88.1 Å². The Morgan fingerprint density at radius 3 is 2.32 bits per heavy atom. The van der Waals surface area contributed by atoms with Gasteiger partial charge in [0.1, 0.15) is 5.82 Å². The number of hydrogen-bond acceptors (Lipinski definition) is 2. The summed E-state index contributed by atoms with van der Waals surface area (Å²) in [4.78, 5) is 30.4. The highest BCUT2D eigenvalue weighted by Gasteiger charge is 2.18. The topological polar surface area (TPSA) is 90.9 Å². The van der Waals surface area contributed by atoms with Crippen LogP contribution in [0.2, 0.25) is 0 Å². The molecule has 3 aromatic carbocycles. The highest BCUT2D eigenvalue weighted by atomic mass is 79.9. The monoisotopic (exact) mass is 473 g/mol. The fraction of sp³-hybridized carbons (Fsp3) is 0. The van der Waals surface area contributed by atoms with Crippen LogP contribution < -0.4 is 5.69 Å². The molecule has 0 spiro atoms. The molecule has 5 aromatic rings. The fourth-order valence-electron chi connectivity index (χ4n) is 3.71. The first kappa shape index (κ1) is 19.1. The van der Waals surface area contributed by atoms with Gasteiger partial charge in [-0.05, 0) is 47.5 Å². The lowest BCUT2D eigenvalue weighted by molar-refractivity contribution is 0.0697. The maximum Gasteiger partial charge on any atom is 0.335 e. The van der Waals surface area contributed by atoms with Crippen LogP contribution in [0.3, 0.4) is 0 Å². The van der Waals surface area contributed by atoms with Crippen molar-refractivity contribution in [1.82, 2.24) is 14.5 Å². The van der Waals surface area contributed by atoms with E-state index in [0.717, 1.165) is 26.9 Å². The van der Waals surface area contributed by atoms with Crippen LogP contribution in [0.1, 0.15) is 10.4 Å². The number of hydrogen-bond donors (Lipinski definition) is 3. The quantitative estimate of drug-likeness (QED) is 0.324. The lowest BCUT2D eigenvalue weighted by atomic mass is 10.1. The second-order valence-corrected chi connectivity index (χ2v) is 8.04. The number of aromatic carboxylic acids is 1. The van der Waals surface area contributed by atoms with Crippen LogP contribution >= 0.6 is 15.9 Å². The Kier molecular flexibility index (Phi) is 4.60. The molecule has 2 heterocycles. The zero-order valence-corrected chi connectivity index (χ0v) is 17.7. The summed E-state index contributed by atoms with van der Waals surface area (Å²) in [5.74, 6) is -0.429. The van der Waals surface area contributed by atoms with E-state index < -0.39 is 5.97 Å². The summed E-state index contributed by atoms with van der Waals surface area (Å²) in [6.45, 7) is 0. The number of H-pyrrole nitrogens is 2. The zero-order valence-electron chi connectivity index (χ0n) is 16.1. The number of aromatic amines is 2. The first-order valence-corrected chi connectivity index (χ1v) is 10.3. The number of rotatable bonds is 4. The minimum atomic E-state index is -1.04. The van der Waals surface area contributed by atoms with Crippen LogP contribution in [0.5, 0.6) is 0 Å². The number of aromatic nitrogens is 3. The number of nitrogens with zero attached hydrogens (tertiary/aromatic N) is 1. The summed E-state index contributed by atoms with van der Waals surface area (Å²) in [6.07, 6.45) is 0. The molecule has 0 unspecified atom stereocenters. The van der Waals surface area contributed by atoms with E-state index in [-0.39, 0.29) is 11.3 Å². The van der Waals surface area contributed by atoms with Crippen molar-refractivity contribution in [2.75, 3.05) is 0 Å². The first-order chi connectivity index (χ1) is 15.0. The van der Waals surface area contributed by atoms with E-state index in [0.29, 0.717) is 16.9 Å². The van der Waals surface area contributed by atoms with Gasteiger partial charge in [-0.3, -0.25) is 0 Å². The van der Waals surface area contributed by atoms with E-state index in [1.54, 1.807) is 10.6 Å². The van der Waals surface area contributed by atoms with E-state index in [1.165, 1.54) is 12.1 Å². The third-order valence-electron chi connectivity index (χ3n) is 5.19. The van der Waals surface area contributed by atoms with Gasteiger partial charge in [0.25, 0.3) is 0 Å². The average Bonchev–Trinajstić information content (AvgIpc) is 3.34. The van der Waals surface area contributed by atoms with Crippen LogP contribution in [0, 0.1) is 0 Å². The third kappa shape index (κ3) is 3.39. The maximum atomic E-state index is 12.9. The second-order valence-electron chi connectivity index (χ2n) is 7.12. The summed E-state index contributed by atoms with van der Waals surface area (Å²) < 4.78 is 2.53. The first-order valence-electron chi connectivity index (χ1n) is 9.54. The van der Waals surface area contributed by atoms with Crippen LogP contribution in [0.4, 0.5) is 0 Å². The molecule has 0 aliphatic rings. The Labute approximate surface area is 184 Å². The van der Waals surface area contributed by atoms with Crippen molar-refractivity contribution in [3.63, 3.8) is 0 Å². The molecule has 0 saturated carbocycles. The van der Waals surface area contributed by atoms with Crippen LogP contribution in [-0.4, -0.2) is 25.6 Å². The van der Waals surface area contributed by atoms with Gasteiger partial charge in [0.05, 0.1) is 16.6 Å². The number of halogens is 1. The van der Waals surface area contributed by atoms with Crippen molar-refractivity contribution in [3.8, 4) is 28.2 Å². The van der Waals surface area contributed by atoms with Gasteiger partial charge in [0.15, 0.2) is 0 Å². The third-order valence-corrected chi connectivity index (χ3v) is 5.72. The number of nitrogens with one attached hydrogen (secondary N) is 2. The number of carboxylic acid groups (broad SMARTS) is 1. The Hall–Kier alpha value is -3.84. The molecule has 0 saturated heterocycles. The number of imidazole rings is 1. The molecule has 0 radical (unpaired) electrons. The van der Waals surface area contributed by atoms with E-state index in [2.05, 4.69) is 25.9 Å². The normalized spacial score (nSPS) is 11.1. The Bertz CT molecular complexity index is 1480. The average molecular weight is 474 g/mol. The van der Waals surface area contributed by atoms with Gasteiger partial charge < -0.3 is 15.1 Å². The smallest absolute Gasteiger partial charge is 0.335 e. The maximum absolute atomic E-state index is 12.9. The van der Waals surface area contributed by atoms with Crippen molar-refractivity contribution in [2.24, 2.45) is 0 Å². The van der Waals surface area contributed by atoms with Crippen molar-refractivity contribution in [1.29, 1.82) is 0 Å². The zero-order chi connectivity index (χ0) is 21.5. The number of carbonyl (C=O) groups is 1. The molecule has 5 rings (SSSR count). The van der Waals surface area contributed by atoms with Crippen molar-refractivity contribution in [3.05, 3.63) is 99.4 Å². The number of carboxylic acids is 1. The molecule has 0 fully saturated rings. The highest BCUT2D eigenvalue weighted by Crippen LogP contribution is 2.33. The SMILES string of the molecule is O=C(O)c1ccc2c(c1)[nH]c(=O)n2-c1[nH]c(-c2ccc(Br)cc2)cc1-c1ccccc1. The van der Waals surface area contributed by atoms with Gasteiger partial charge in [-0.1, -0.05) is 58.4 Å². The van der Waals surface area contributed by atoms with Crippen LogP contribution in [-0.2, 0) is 0 Å². The lowest BCUT2D eigenvalue weighted by Gasteiger charge is -2.06. The molecule has 0 atom stereocenters. The minimum Gasteiger partial charge on any atom is -0.478 e. The summed E-state index contributed by atoms with van der Waals surface area (Å²) in [5, 5.41) is 9.27. The Morgan fingerprint density at radius 1 is 0.871 bits per heavy atom. The number of benzene rings is 3. The predicted molar refractivity (Wildman–Crippen MR) is 124 cm³/mol. The molecule has 2 aromatic heterocycles. The summed E-state index contributed by atoms with van der Waals surface area (Å²) >= 11 is 3.46. The molecule has 31 heavy (non-hydrogen) atoms. The van der Waals surface area contributed by atoms with Gasteiger partial charge in [0.2, 0.25) is 0 Å². The predicted octanol–water partition coefficient (Wildman–Crippen LogP) is 5.44. The molecule has 0 bridgehead atoms. The van der Waals surface area contributed by atoms with Gasteiger partial charge in [0, 0.05) is 15.7 Å². The van der Waals surface area contributed by atoms with E-state index in [1.807, 2.05) is 60.7 Å². The van der Waals surface area contributed by atoms with E-state index in [9.17, 15) is 14.7 Å². The molecule has 152 valence electrons. The lowest BCUT2D eigenvalue weighted by Crippen LogP contribution is -2.15. The summed E-state index contributed by atoms with van der Waals surface area (Å²) in [6, 6.07) is 24.3. The molecular weight excluding hydrogens is 458 g/mol. The largest absolute Gasteiger partial charge is 0.478 e. The fourth-order valence-corrected chi connectivity index (χ4v) is 3.97. The molecule has 0 aliphatic heterocycles. The molecular formula is C24H16BrN3O3. The Balaban J connectivity index is 1.77. The van der Waals surface area contributed by atoms with Gasteiger partial charge >= 0.3 is 11.7 Å². The minimum absolute atomic E-state index is 0.117. The highest BCUT2D eigenvalue weighted by molar-refractivity contribution is 9.10. The summed E-state index contributed by atoms with van der Waals surface area (Å²) in [7, 11) is 0. The van der Waals surface area contributed by atoms with E-state index in [4.69, 9.17) is 0 Å². The van der Waals surface area contributed by atoms with Gasteiger partial charge in [-0.25, -0.2) is 14.2 Å². The van der Waals surface area contributed by atoms with Crippen LogP contribution in [0.25, 0.3) is 39.2 Å². The van der Waals surface area contributed by atoms with Crippen molar-refractivity contribution < 1.29 is 9.90 Å². The van der Waals surface area contributed by atoms with E-state index >= 15 is 0 Å². The van der Waals surface area contributed by atoms with Gasteiger partial charge in [-0.15, -0.1) is 0 Å². The molecule has 3 N–H and O–H groups in total. The van der Waals surface area contributed by atoms with Crippen molar-refractivity contribution >= 4 is 32.9 Å². The van der Waals surface area contributed by atoms with Crippen molar-refractivity contribution in [2.45, 2.75) is 0 Å². The Morgan fingerprint density at radius 2 is 1.61 bits per heavy atom.